The van der Waals surface area contributed by atoms with E-state index in [0.717, 1.165) is 16.7 Å². The normalized spacial score (nSPS) is 16.8. The molecule has 1 aromatic carbocycles. The summed E-state index contributed by atoms with van der Waals surface area (Å²) in [5.74, 6) is -0.638. The van der Waals surface area contributed by atoms with Crippen molar-refractivity contribution in [3.63, 3.8) is 0 Å². The molecule has 0 unspecified atom stereocenters. The van der Waals surface area contributed by atoms with Crippen molar-refractivity contribution in [3.8, 4) is 0 Å². The highest BCUT2D eigenvalue weighted by molar-refractivity contribution is 8.13. The summed E-state index contributed by atoms with van der Waals surface area (Å²) in [7, 11) is 0. The lowest BCUT2D eigenvalue weighted by Gasteiger charge is -2.22. The summed E-state index contributed by atoms with van der Waals surface area (Å²) in [6.07, 6.45) is 2.47. The third kappa shape index (κ3) is 4.47. The van der Waals surface area contributed by atoms with Gasteiger partial charge in [0.05, 0.1) is 0 Å². The highest BCUT2D eigenvalue weighted by Gasteiger charge is 2.34. The van der Waals surface area contributed by atoms with E-state index < -0.39 is 12.0 Å². The Balaban J connectivity index is 2.06. The Morgan fingerprint density at radius 1 is 1.29 bits per heavy atom. The number of carbonyl (C=O) groups is 3. The molecule has 6 heteroatoms. The number of hydrogen-bond acceptors (Lipinski definition) is 4. The van der Waals surface area contributed by atoms with E-state index in [0.29, 0.717) is 18.7 Å². The van der Waals surface area contributed by atoms with Gasteiger partial charge in [0.25, 0.3) is 0 Å². The third-order valence-corrected chi connectivity index (χ3v) is 4.84. The van der Waals surface area contributed by atoms with Gasteiger partial charge in [0.2, 0.25) is 5.91 Å². The highest BCUT2D eigenvalue weighted by atomic mass is 32.2. The molecular weight excluding hydrogens is 326 g/mol. The van der Waals surface area contributed by atoms with E-state index in [9.17, 15) is 19.5 Å². The summed E-state index contributed by atoms with van der Waals surface area (Å²) in [5.41, 5.74) is 2.90. The van der Waals surface area contributed by atoms with Crippen LogP contribution in [0.5, 0.6) is 0 Å². The number of thioether (sulfide) groups is 1. The van der Waals surface area contributed by atoms with E-state index in [2.05, 4.69) is 0 Å². The number of benzene rings is 1. The van der Waals surface area contributed by atoms with Crippen LogP contribution in [0.3, 0.4) is 0 Å². The maximum atomic E-state index is 12.4. The first-order valence-corrected chi connectivity index (χ1v) is 8.81. The monoisotopic (exact) mass is 347 g/mol. The zero-order valence-electron chi connectivity index (χ0n) is 13.8. The molecule has 0 bridgehead atoms. The van der Waals surface area contributed by atoms with Gasteiger partial charge >= 0.3 is 5.97 Å². The van der Waals surface area contributed by atoms with Crippen molar-refractivity contribution < 1.29 is 19.5 Å². The Hall–Kier alpha value is -2.08. The van der Waals surface area contributed by atoms with Crippen LogP contribution < -0.4 is 0 Å². The number of carboxylic acids is 1. The first-order chi connectivity index (χ1) is 11.4. The van der Waals surface area contributed by atoms with Gasteiger partial charge in [-0.05, 0) is 36.1 Å². The Morgan fingerprint density at radius 3 is 2.62 bits per heavy atom. The minimum absolute atomic E-state index is 0.0236. The van der Waals surface area contributed by atoms with E-state index in [-0.39, 0.29) is 17.4 Å². The number of carboxylic acid groups (broad SMARTS) is 1. The van der Waals surface area contributed by atoms with Crippen molar-refractivity contribution in [2.45, 2.75) is 32.7 Å². The molecular formula is C18H21NO4S. The lowest BCUT2D eigenvalue weighted by atomic mass is 10.0. The van der Waals surface area contributed by atoms with Crippen LogP contribution in [0.15, 0.2) is 30.3 Å². The van der Waals surface area contributed by atoms with Crippen LogP contribution in [0.2, 0.25) is 0 Å². The first kappa shape index (κ1) is 18.3. The molecule has 1 aromatic rings. The van der Waals surface area contributed by atoms with Crippen LogP contribution in [-0.4, -0.2) is 45.3 Å². The summed E-state index contributed by atoms with van der Waals surface area (Å²) >= 11 is 1.18. The molecule has 0 fully saturated rings. The number of hydrogen-bond donors (Lipinski definition) is 1. The van der Waals surface area contributed by atoms with Crippen LogP contribution in [0.4, 0.5) is 0 Å². The van der Waals surface area contributed by atoms with Crippen LogP contribution in [0.1, 0.15) is 30.9 Å². The molecule has 1 heterocycles. The van der Waals surface area contributed by atoms with E-state index in [1.807, 2.05) is 31.2 Å². The Morgan fingerprint density at radius 2 is 2.00 bits per heavy atom. The Kier molecular flexibility index (Phi) is 6.20. The van der Waals surface area contributed by atoms with Gasteiger partial charge in [-0.2, -0.15) is 0 Å². The van der Waals surface area contributed by atoms with E-state index >= 15 is 0 Å². The van der Waals surface area contributed by atoms with Crippen molar-refractivity contribution in [1.29, 1.82) is 0 Å². The molecule has 1 aliphatic heterocycles. The summed E-state index contributed by atoms with van der Waals surface area (Å²) in [6, 6.07) is 6.82. The van der Waals surface area contributed by atoms with Crippen LogP contribution >= 0.6 is 11.8 Å². The summed E-state index contributed by atoms with van der Waals surface area (Å²) in [6.45, 7) is 3.77. The van der Waals surface area contributed by atoms with Gasteiger partial charge in [-0.1, -0.05) is 36.0 Å². The number of nitrogens with zero attached hydrogens (tertiary/aromatic N) is 1. The standard InChI is InChI=1S/C18H21NO4S/c1-12-6-3-4-7-15(12)14-10-16(18(22)23)19(11-14)17(21)8-5-9-24-13(2)20/h3-4,6-7,10,16H,5,8-9,11H2,1-2H3,(H,22,23)/t16-/m0/s1. The van der Waals surface area contributed by atoms with E-state index in [4.69, 9.17) is 0 Å². The van der Waals surface area contributed by atoms with Crippen molar-refractivity contribution in [2.75, 3.05) is 12.3 Å². The SMILES string of the molecule is CC(=O)SCCCC(=O)N1CC(c2ccccc2C)=C[C@H]1C(=O)O. The first-order valence-electron chi connectivity index (χ1n) is 7.82. The molecule has 1 atom stereocenters. The van der Waals surface area contributed by atoms with Crippen LogP contribution in [0, 0.1) is 6.92 Å². The molecule has 0 aliphatic carbocycles. The van der Waals surface area contributed by atoms with Crippen molar-refractivity contribution in [2.24, 2.45) is 0 Å². The predicted octanol–water partition coefficient (Wildman–Crippen LogP) is 2.73. The summed E-state index contributed by atoms with van der Waals surface area (Å²) in [5, 5.41) is 9.45. The second kappa shape index (κ2) is 8.15. The van der Waals surface area contributed by atoms with E-state index in [1.165, 1.54) is 23.6 Å². The molecule has 0 spiro atoms. The van der Waals surface area contributed by atoms with Gasteiger partial charge in [0.1, 0.15) is 6.04 Å². The fraction of sp³-hybridized carbons (Fsp3) is 0.389. The zero-order valence-corrected chi connectivity index (χ0v) is 14.6. The van der Waals surface area contributed by atoms with Gasteiger partial charge in [-0.15, -0.1) is 0 Å². The minimum Gasteiger partial charge on any atom is -0.479 e. The fourth-order valence-electron chi connectivity index (χ4n) is 2.75. The number of aliphatic carboxylic acids is 1. The van der Waals surface area contributed by atoms with Crippen molar-refractivity contribution >= 4 is 34.3 Å². The molecule has 24 heavy (non-hydrogen) atoms. The number of amides is 1. The maximum absolute atomic E-state index is 12.4. The largest absolute Gasteiger partial charge is 0.479 e. The third-order valence-electron chi connectivity index (χ3n) is 3.94. The minimum atomic E-state index is -1.02. The topological polar surface area (TPSA) is 74.7 Å². The Bertz CT molecular complexity index is 683. The summed E-state index contributed by atoms with van der Waals surface area (Å²) in [4.78, 5) is 36.2. The Labute approximate surface area is 145 Å². The molecule has 0 saturated heterocycles. The van der Waals surface area contributed by atoms with Crippen molar-refractivity contribution in [1.82, 2.24) is 4.90 Å². The fourth-order valence-corrected chi connectivity index (χ4v) is 3.33. The maximum Gasteiger partial charge on any atom is 0.330 e. The molecule has 0 aromatic heterocycles. The molecule has 1 aliphatic rings. The highest BCUT2D eigenvalue weighted by Crippen LogP contribution is 2.28. The van der Waals surface area contributed by atoms with E-state index in [1.54, 1.807) is 6.08 Å². The van der Waals surface area contributed by atoms with Crippen LogP contribution in [-0.2, 0) is 14.4 Å². The predicted molar refractivity (Wildman–Crippen MR) is 94.7 cm³/mol. The molecule has 5 nitrogen and oxygen atoms in total. The van der Waals surface area contributed by atoms with Gasteiger partial charge in [-0.25, -0.2) is 4.79 Å². The summed E-state index contributed by atoms with van der Waals surface area (Å²) < 4.78 is 0. The van der Waals surface area contributed by atoms with Gasteiger partial charge < -0.3 is 10.0 Å². The van der Waals surface area contributed by atoms with Crippen molar-refractivity contribution in [3.05, 3.63) is 41.5 Å². The number of rotatable bonds is 6. The number of aryl methyl sites for hydroxylation is 1. The molecule has 0 radical (unpaired) electrons. The second-order valence-corrected chi connectivity index (χ2v) is 7.03. The number of carbonyl (C=O) groups excluding carboxylic acids is 2. The molecule has 2 rings (SSSR count). The molecule has 0 saturated carbocycles. The molecule has 1 amide bonds. The van der Waals surface area contributed by atoms with Crippen LogP contribution in [0.25, 0.3) is 5.57 Å². The van der Waals surface area contributed by atoms with Gasteiger partial charge in [0, 0.05) is 25.6 Å². The smallest absolute Gasteiger partial charge is 0.330 e. The van der Waals surface area contributed by atoms with Gasteiger partial charge in [0.15, 0.2) is 5.12 Å². The quantitative estimate of drug-likeness (QED) is 0.801. The van der Waals surface area contributed by atoms with Gasteiger partial charge in [-0.3, -0.25) is 9.59 Å². The lowest BCUT2D eigenvalue weighted by molar-refractivity contribution is -0.146. The zero-order chi connectivity index (χ0) is 17.7. The molecule has 1 N–H and O–H groups in total. The second-order valence-electron chi connectivity index (χ2n) is 5.76. The molecule has 128 valence electrons. The average Bonchev–Trinajstić information content (AvgIpc) is 2.97. The lowest BCUT2D eigenvalue weighted by Crippen LogP contribution is -2.41. The average molecular weight is 347 g/mol.